The summed E-state index contributed by atoms with van der Waals surface area (Å²) in [6.07, 6.45) is 1.52. The topological polar surface area (TPSA) is 92.8 Å². The molecule has 0 bridgehead atoms. The van der Waals surface area contributed by atoms with Crippen molar-refractivity contribution in [1.29, 1.82) is 0 Å². The standard InChI is InChI=1S/C19H15BrN2O3S/c20-14-1-10-19(23)13(11-14)12-22-16-4-8-18(9-5-16)26(24,25)17-6-2-15(21)3-7-17/h1-12,23H,21H2. The molecule has 0 aromatic heterocycles. The average Bonchev–Trinajstić information content (AvgIpc) is 2.63. The van der Waals surface area contributed by atoms with E-state index >= 15 is 0 Å². The van der Waals surface area contributed by atoms with Crippen LogP contribution in [-0.4, -0.2) is 19.7 Å². The number of nitrogens with two attached hydrogens (primary N) is 1. The van der Waals surface area contributed by atoms with Crippen LogP contribution in [0.25, 0.3) is 0 Å². The summed E-state index contributed by atoms with van der Waals surface area (Å²) in [6, 6.07) is 17.3. The lowest BCUT2D eigenvalue weighted by molar-refractivity contribution is 0.474. The van der Waals surface area contributed by atoms with Gasteiger partial charge in [-0.25, -0.2) is 8.42 Å². The number of aliphatic imine (C=N–C) groups is 1. The van der Waals surface area contributed by atoms with Crippen LogP contribution in [0.5, 0.6) is 5.75 Å². The number of phenolic OH excluding ortho intramolecular Hbond substituents is 1. The number of nitrogen functional groups attached to an aromatic ring is 1. The van der Waals surface area contributed by atoms with E-state index in [0.717, 1.165) is 4.47 Å². The maximum absolute atomic E-state index is 12.6. The van der Waals surface area contributed by atoms with Crippen molar-refractivity contribution in [2.45, 2.75) is 9.79 Å². The Balaban J connectivity index is 1.85. The lowest BCUT2D eigenvalue weighted by atomic mass is 10.2. The predicted molar refractivity (Wildman–Crippen MR) is 106 cm³/mol. The molecule has 3 aromatic rings. The summed E-state index contributed by atoms with van der Waals surface area (Å²) in [5, 5.41) is 9.81. The van der Waals surface area contributed by atoms with Crippen molar-refractivity contribution in [2.24, 2.45) is 4.99 Å². The summed E-state index contributed by atoms with van der Waals surface area (Å²) < 4.78 is 26.0. The number of halogens is 1. The Morgan fingerprint density at radius 3 is 2.12 bits per heavy atom. The molecule has 0 spiro atoms. The van der Waals surface area contributed by atoms with Crippen LogP contribution < -0.4 is 5.73 Å². The summed E-state index contributed by atoms with van der Waals surface area (Å²) in [7, 11) is -3.61. The molecule has 0 saturated carbocycles. The molecule has 0 radical (unpaired) electrons. The van der Waals surface area contributed by atoms with Crippen LogP contribution in [-0.2, 0) is 9.84 Å². The zero-order chi connectivity index (χ0) is 18.7. The van der Waals surface area contributed by atoms with Crippen LogP contribution in [0.1, 0.15) is 5.56 Å². The van der Waals surface area contributed by atoms with Gasteiger partial charge in [-0.05, 0) is 66.7 Å². The van der Waals surface area contributed by atoms with E-state index in [4.69, 9.17) is 5.73 Å². The molecule has 0 unspecified atom stereocenters. The van der Waals surface area contributed by atoms with E-state index in [0.29, 0.717) is 16.9 Å². The third-order valence-corrected chi connectivity index (χ3v) is 5.96. The van der Waals surface area contributed by atoms with Crippen molar-refractivity contribution in [3.8, 4) is 5.75 Å². The van der Waals surface area contributed by atoms with Crippen LogP contribution in [0.3, 0.4) is 0 Å². The van der Waals surface area contributed by atoms with Crippen molar-refractivity contribution in [2.75, 3.05) is 5.73 Å². The van der Waals surface area contributed by atoms with Crippen LogP contribution >= 0.6 is 15.9 Å². The van der Waals surface area contributed by atoms with Crippen molar-refractivity contribution >= 4 is 43.4 Å². The molecule has 0 aliphatic heterocycles. The Morgan fingerprint density at radius 2 is 1.50 bits per heavy atom. The third kappa shape index (κ3) is 3.95. The Morgan fingerprint density at radius 1 is 0.923 bits per heavy atom. The van der Waals surface area contributed by atoms with E-state index in [9.17, 15) is 13.5 Å². The van der Waals surface area contributed by atoms with Gasteiger partial charge in [0.2, 0.25) is 9.84 Å². The molecule has 0 heterocycles. The number of phenols is 1. The zero-order valence-electron chi connectivity index (χ0n) is 13.5. The number of hydrogen-bond donors (Lipinski definition) is 2. The molecule has 0 atom stereocenters. The number of rotatable bonds is 4. The van der Waals surface area contributed by atoms with Gasteiger partial charge in [-0.2, -0.15) is 0 Å². The number of nitrogens with zero attached hydrogens (tertiary/aromatic N) is 1. The molecule has 3 aromatic carbocycles. The summed E-state index contributed by atoms with van der Waals surface area (Å²) >= 11 is 3.33. The fourth-order valence-corrected chi connectivity index (χ4v) is 3.91. The van der Waals surface area contributed by atoms with E-state index in [1.54, 1.807) is 42.5 Å². The lowest BCUT2D eigenvalue weighted by Crippen LogP contribution is -2.01. The van der Waals surface area contributed by atoms with E-state index in [1.807, 2.05) is 0 Å². The summed E-state index contributed by atoms with van der Waals surface area (Å²) in [5.41, 5.74) is 7.23. The Kier molecular flexibility index (Phi) is 5.11. The van der Waals surface area contributed by atoms with Crippen LogP contribution in [0.4, 0.5) is 11.4 Å². The summed E-state index contributed by atoms with van der Waals surface area (Å²) in [6.45, 7) is 0. The van der Waals surface area contributed by atoms with Crippen LogP contribution in [0.15, 0.2) is 86.0 Å². The molecular weight excluding hydrogens is 416 g/mol. The third-order valence-electron chi connectivity index (χ3n) is 3.68. The van der Waals surface area contributed by atoms with Gasteiger partial charge < -0.3 is 10.8 Å². The summed E-state index contributed by atoms with van der Waals surface area (Å²) in [5.74, 6) is 0.111. The normalized spacial score (nSPS) is 11.7. The fourth-order valence-electron chi connectivity index (χ4n) is 2.27. The van der Waals surface area contributed by atoms with Crippen molar-refractivity contribution in [3.05, 3.63) is 76.8 Å². The number of sulfone groups is 1. The highest BCUT2D eigenvalue weighted by atomic mass is 79.9. The van der Waals surface area contributed by atoms with E-state index in [-0.39, 0.29) is 15.5 Å². The minimum atomic E-state index is -3.61. The van der Waals surface area contributed by atoms with Crippen LogP contribution in [0.2, 0.25) is 0 Å². The number of anilines is 1. The molecule has 0 aliphatic carbocycles. The Hall–Kier alpha value is -2.64. The molecule has 0 saturated heterocycles. The van der Waals surface area contributed by atoms with Gasteiger partial charge in [0.25, 0.3) is 0 Å². The van der Waals surface area contributed by atoms with Gasteiger partial charge in [-0.1, -0.05) is 15.9 Å². The van der Waals surface area contributed by atoms with Gasteiger partial charge in [0.15, 0.2) is 0 Å². The molecule has 5 nitrogen and oxygen atoms in total. The lowest BCUT2D eigenvalue weighted by Gasteiger charge is -2.05. The Bertz CT molecular complexity index is 1060. The average molecular weight is 431 g/mol. The molecule has 3 N–H and O–H groups in total. The van der Waals surface area contributed by atoms with Gasteiger partial charge in [0, 0.05) is 21.9 Å². The van der Waals surface area contributed by atoms with E-state index in [1.165, 1.54) is 30.5 Å². The van der Waals surface area contributed by atoms with Crippen molar-refractivity contribution in [1.82, 2.24) is 0 Å². The first-order chi connectivity index (χ1) is 12.4. The second kappa shape index (κ2) is 7.31. The highest BCUT2D eigenvalue weighted by Gasteiger charge is 2.17. The van der Waals surface area contributed by atoms with Crippen molar-refractivity contribution in [3.63, 3.8) is 0 Å². The number of hydrogen-bond acceptors (Lipinski definition) is 5. The first-order valence-corrected chi connectivity index (χ1v) is 9.87. The predicted octanol–water partition coefficient (Wildman–Crippen LogP) is 4.32. The van der Waals surface area contributed by atoms with Gasteiger partial charge >= 0.3 is 0 Å². The maximum atomic E-state index is 12.6. The van der Waals surface area contributed by atoms with E-state index in [2.05, 4.69) is 20.9 Å². The van der Waals surface area contributed by atoms with Gasteiger partial charge in [0.05, 0.1) is 15.5 Å². The zero-order valence-corrected chi connectivity index (χ0v) is 15.9. The Labute approximate surface area is 159 Å². The fraction of sp³-hybridized carbons (Fsp3) is 0. The molecule has 132 valence electrons. The number of aromatic hydroxyl groups is 1. The highest BCUT2D eigenvalue weighted by Crippen LogP contribution is 2.25. The highest BCUT2D eigenvalue weighted by molar-refractivity contribution is 9.10. The minimum absolute atomic E-state index is 0.111. The molecule has 3 rings (SSSR count). The molecule has 7 heteroatoms. The second-order valence-corrected chi connectivity index (χ2v) is 8.39. The van der Waals surface area contributed by atoms with Gasteiger partial charge in [-0.15, -0.1) is 0 Å². The van der Waals surface area contributed by atoms with Crippen LogP contribution in [0, 0.1) is 0 Å². The first kappa shape index (κ1) is 18.2. The smallest absolute Gasteiger partial charge is 0.206 e. The van der Waals surface area contributed by atoms with Gasteiger partial charge in [0.1, 0.15) is 5.75 Å². The molecule has 0 fully saturated rings. The molecule has 0 amide bonds. The largest absolute Gasteiger partial charge is 0.507 e. The number of benzene rings is 3. The molecule has 26 heavy (non-hydrogen) atoms. The van der Waals surface area contributed by atoms with Crippen molar-refractivity contribution < 1.29 is 13.5 Å². The SMILES string of the molecule is Nc1ccc(S(=O)(=O)c2ccc(N=Cc3cc(Br)ccc3O)cc2)cc1. The monoisotopic (exact) mass is 430 g/mol. The van der Waals surface area contributed by atoms with Gasteiger partial charge in [-0.3, -0.25) is 4.99 Å². The quantitative estimate of drug-likeness (QED) is 0.475. The molecule has 0 aliphatic rings. The van der Waals surface area contributed by atoms with E-state index < -0.39 is 9.84 Å². The summed E-state index contributed by atoms with van der Waals surface area (Å²) in [4.78, 5) is 4.62. The first-order valence-electron chi connectivity index (χ1n) is 7.59. The molecular formula is C19H15BrN2O3S. The minimum Gasteiger partial charge on any atom is -0.507 e. The second-order valence-electron chi connectivity index (χ2n) is 5.53. The maximum Gasteiger partial charge on any atom is 0.206 e.